The van der Waals surface area contributed by atoms with E-state index in [9.17, 15) is 19.2 Å². The van der Waals surface area contributed by atoms with Gasteiger partial charge in [0.15, 0.2) is 0 Å². The molecule has 1 aliphatic heterocycles. The molecule has 0 bridgehead atoms. The highest BCUT2D eigenvalue weighted by Gasteiger charge is 2.30. The van der Waals surface area contributed by atoms with E-state index in [4.69, 9.17) is 4.74 Å². The van der Waals surface area contributed by atoms with Crippen LogP contribution in [-0.4, -0.2) is 46.4 Å². The smallest absolute Gasteiger partial charge is 0.325 e. The third-order valence-corrected chi connectivity index (χ3v) is 3.38. The molecule has 1 fully saturated rings. The van der Waals surface area contributed by atoms with E-state index in [2.05, 4.69) is 4.98 Å². The average Bonchev–Trinajstić information content (AvgIpc) is 2.47. The molecule has 2 N–H and O–H groups in total. The summed E-state index contributed by atoms with van der Waals surface area (Å²) in [5, 5.41) is 0. The molecule has 0 aromatic carbocycles. The molecule has 0 aliphatic carbocycles. The first-order chi connectivity index (χ1) is 10.0. The molecule has 1 aromatic heterocycles. The Morgan fingerprint density at radius 3 is 2.86 bits per heavy atom. The van der Waals surface area contributed by atoms with Crippen molar-refractivity contribution in [1.82, 2.24) is 14.9 Å². The molecule has 0 radical (unpaired) electrons. The number of amides is 1. The molecule has 1 atom stereocenters. The second-order valence-corrected chi connectivity index (χ2v) is 4.83. The Hall–Kier alpha value is -2.38. The molecule has 1 aromatic rings. The maximum atomic E-state index is 12.3. The highest BCUT2D eigenvalue weighted by Crippen LogP contribution is 2.19. The summed E-state index contributed by atoms with van der Waals surface area (Å²) < 4.78 is 4.96. The highest BCUT2D eigenvalue weighted by atomic mass is 16.5. The minimum absolute atomic E-state index is 0.140. The summed E-state index contributed by atoms with van der Waals surface area (Å²) in [6.45, 7) is 2.70. The van der Waals surface area contributed by atoms with Gasteiger partial charge in [0.2, 0.25) is 0 Å². The standard InChI is InChI=1S/C13H17N3O5/c1-2-21-12(19)8-4-3-5-16(7-8)11(18)9-6-14-13(20)15-10(9)17/h6,8H,2-5,7H2,1H3,(H2,14,15,17,20)/t8-/m1/s1. The molecular weight excluding hydrogens is 278 g/mol. The predicted molar refractivity (Wildman–Crippen MR) is 72.9 cm³/mol. The first-order valence-corrected chi connectivity index (χ1v) is 6.80. The number of aromatic amines is 2. The second kappa shape index (κ2) is 6.38. The Labute approximate surface area is 120 Å². The first-order valence-electron chi connectivity index (χ1n) is 6.80. The van der Waals surface area contributed by atoms with Crippen molar-refractivity contribution < 1.29 is 14.3 Å². The first kappa shape index (κ1) is 15.0. The van der Waals surface area contributed by atoms with Crippen LogP contribution in [0.1, 0.15) is 30.1 Å². The minimum atomic E-state index is -0.734. The fourth-order valence-electron chi connectivity index (χ4n) is 2.35. The van der Waals surface area contributed by atoms with Crippen LogP contribution in [0.3, 0.4) is 0 Å². The van der Waals surface area contributed by atoms with Crippen LogP contribution in [0.5, 0.6) is 0 Å². The van der Waals surface area contributed by atoms with Gasteiger partial charge in [-0.05, 0) is 19.8 Å². The van der Waals surface area contributed by atoms with Gasteiger partial charge in [-0.1, -0.05) is 0 Å². The summed E-state index contributed by atoms with van der Waals surface area (Å²) in [5.41, 5.74) is -1.54. The topological polar surface area (TPSA) is 112 Å². The van der Waals surface area contributed by atoms with Crippen LogP contribution in [0.15, 0.2) is 15.8 Å². The third-order valence-electron chi connectivity index (χ3n) is 3.38. The Morgan fingerprint density at radius 2 is 2.19 bits per heavy atom. The van der Waals surface area contributed by atoms with Crippen molar-refractivity contribution in [2.24, 2.45) is 5.92 Å². The average molecular weight is 295 g/mol. The lowest BCUT2D eigenvalue weighted by atomic mass is 9.98. The molecule has 21 heavy (non-hydrogen) atoms. The van der Waals surface area contributed by atoms with Crippen LogP contribution >= 0.6 is 0 Å². The summed E-state index contributed by atoms with van der Waals surface area (Å²) in [6, 6.07) is 0. The van der Waals surface area contributed by atoms with Gasteiger partial charge in [-0.25, -0.2) is 4.79 Å². The van der Waals surface area contributed by atoms with Crippen LogP contribution in [-0.2, 0) is 9.53 Å². The van der Waals surface area contributed by atoms with Crippen molar-refractivity contribution in [2.45, 2.75) is 19.8 Å². The lowest BCUT2D eigenvalue weighted by molar-refractivity contribution is -0.149. The van der Waals surface area contributed by atoms with Crippen LogP contribution in [0, 0.1) is 5.92 Å². The second-order valence-electron chi connectivity index (χ2n) is 4.83. The molecule has 0 saturated carbocycles. The number of carbonyl (C=O) groups excluding carboxylic acids is 2. The zero-order valence-corrected chi connectivity index (χ0v) is 11.7. The molecule has 1 amide bonds. The number of hydrogen-bond acceptors (Lipinski definition) is 5. The lowest BCUT2D eigenvalue weighted by Gasteiger charge is -2.31. The number of rotatable bonds is 3. The predicted octanol–water partition coefficient (Wildman–Crippen LogP) is -0.521. The zero-order chi connectivity index (χ0) is 15.4. The van der Waals surface area contributed by atoms with E-state index < -0.39 is 17.2 Å². The van der Waals surface area contributed by atoms with E-state index in [1.807, 2.05) is 4.98 Å². The molecule has 1 saturated heterocycles. The number of H-pyrrole nitrogens is 2. The highest BCUT2D eigenvalue weighted by molar-refractivity contribution is 5.93. The maximum Gasteiger partial charge on any atom is 0.325 e. The van der Waals surface area contributed by atoms with Gasteiger partial charge >= 0.3 is 11.7 Å². The molecular formula is C13H17N3O5. The van der Waals surface area contributed by atoms with Crippen molar-refractivity contribution >= 4 is 11.9 Å². The summed E-state index contributed by atoms with van der Waals surface area (Å²) in [4.78, 5) is 52.3. The monoisotopic (exact) mass is 295 g/mol. The van der Waals surface area contributed by atoms with Gasteiger partial charge in [0.05, 0.1) is 12.5 Å². The fourth-order valence-corrected chi connectivity index (χ4v) is 2.35. The molecule has 8 nitrogen and oxygen atoms in total. The van der Waals surface area contributed by atoms with E-state index in [-0.39, 0.29) is 24.0 Å². The normalized spacial score (nSPS) is 18.3. The number of aromatic nitrogens is 2. The molecule has 2 rings (SSSR count). The number of carbonyl (C=O) groups is 2. The zero-order valence-electron chi connectivity index (χ0n) is 11.7. The Balaban J connectivity index is 2.14. The lowest BCUT2D eigenvalue weighted by Crippen LogP contribution is -2.44. The van der Waals surface area contributed by atoms with Crippen molar-refractivity contribution in [3.8, 4) is 0 Å². The fraction of sp³-hybridized carbons (Fsp3) is 0.538. The number of nitrogens with zero attached hydrogens (tertiary/aromatic N) is 1. The summed E-state index contributed by atoms with van der Waals surface area (Å²) in [7, 11) is 0. The summed E-state index contributed by atoms with van der Waals surface area (Å²) in [5.74, 6) is -1.20. The van der Waals surface area contributed by atoms with E-state index in [1.54, 1.807) is 6.92 Å². The van der Waals surface area contributed by atoms with E-state index in [1.165, 1.54) is 4.90 Å². The summed E-state index contributed by atoms with van der Waals surface area (Å²) in [6.07, 6.45) is 2.42. The number of esters is 1. The van der Waals surface area contributed by atoms with Crippen LogP contribution < -0.4 is 11.2 Å². The number of piperidine rings is 1. The van der Waals surface area contributed by atoms with E-state index >= 15 is 0 Å². The van der Waals surface area contributed by atoms with Crippen molar-refractivity contribution in [3.63, 3.8) is 0 Å². The van der Waals surface area contributed by atoms with E-state index in [0.29, 0.717) is 26.0 Å². The molecule has 2 heterocycles. The number of ether oxygens (including phenoxy) is 1. The number of nitrogens with one attached hydrogen (secondary N) is 2. The van der Waals surface area contributed by atoms with Gasteiger partial charge < -0.3 is 14.6 Å². The third kappa shape index (κ3) is 3.39. The largest absolute Gasteiger partial charge is 0.466 e. The number of hydrogen-bond donors (Lipinski definition) is 2. The Kier molecular flexibility index (Phi) is 4.56. The van der Waals surface area contributed by atoms with Gasteiger partial charge in [0.25, 0.3) is 11.5 Å². The number of likely N-dealkylation sites (tertiary alicyclic amines) is 1. The van der Waals surface area contributed by atoms with E-state index in [0.717, 1.165) is 6.20 Å². The van der Waals surface area contributed by atoms with Crippen LogP contribution in [0.25, 0.3) is 0 Å². The van der Waals surface area contributed by atoms with Gasteiger partial charge in [0.1, 0.15) is 5.56 Å². The SMILES string of the molecule is CCOC(=O)[C@@H]1CCCN(C(=O)c2c[nH]c(=O)[nH]c2=O)C1. The van der Waals surface area contributed by atoms with Gasteiger partial charge in [0, 0.05) is 19.3 Å². The molecule has 0 unspecified atom stereocenters. The molecule has 8 heteroatoms. The maximum absolute atomic E-state index is 12.3. The van der Waals surface area contributed by atoms with Crippen molar-refractivity contribution in [3.05, 3.63) is 32.6 Å². The molecule has 1 aliphatic rings. The quantitative estimate of drug-likeness (QED) is 0.729. The van der Waals surface area contributed by atoms with Gasteiger partial charge in [-0.15, -0.1) is 0 Å². The van der Waals surface area contributed by atoms with Crippen LogP contribution in [0.2, 0.25) is 0 Å². The van der Waals surface area contributed by atoms with Crippen molar-refractivity contribution in [1.29, 1.82) is 0 Å². The summed E-state index contributed by atoms with van der Waals surface area (Å²) >= 11 is 0. The van der Waals surface area contributed by atoms with Crippen molar-refractivity contribution in [2.75, 3.05) is 19.7 Å². The Morgan fingerprint density at radius 1 is 1.43 bits per heavy atom. The Bertz CT molecular complexity index is 648. The van der Waals surface area contributed by atoms with Crippen LogP contribution in [0.4, 0.5) is 0 Å². The minimum Gasteiger partial charge on any atom is -0.466 e. The van der Waals surface area contributed by atoms with Gasteiger partial charge in [-0.2, -0.15) is 0 Å². The molecule has 114 valence electrons. The van der Waals surface area contributed by atoms with Gasteiger partial charge in [-0.3, -0.25) is 19.4 Å². The molecule has 0 spiro atoms.